The number of hydrogen-bond donors (Lipinski definition) is 2. The van der Waals surface area contributed by atoms with Gasteiger partial charge in [-0.3, -0.25) is 0 Å². The first-order chi connectivity index (χ1) is 8.65. The fraction of sp³-hybridized carbons (Fsp3) is 0.600. The van der Waals surface area contributed by atoms with Crippen LogP contribution < -0.4 is 10.0 Å². The molecule has 0 fully saturated rings. The average molecular weight is 316 g/mol. The van der Waals surface area contributed by atoms with E-state index in [0.717, 1.165) is 11.4 Å². The second kappa shape index (κ2) is 6.21. The van der Waals surface area contributed by atoms with Gasteiger partial charge in [0.1, 0.15) is 6.54 Å². The summed E-state index contributed by atoms with van der Waals surface area (Å²) in [5.74, 6) is 0. The van der Waals surface area contributed by atoms with Crippen LogP contribution in [0, 0.1) is 6.92 Å². The smallest absolute Gasteiger partial charge is 0.312 e. The molecule has 1 aromatic rings. The van der Waals surface area contributed by atoms with Gasteiger partial charge in [-0.2, -0.15) is 13.2 Å². The highest BCUT2D eigenvalue weighted by Crippen LogP contribution is 2.26. The minimum Gasteiger partial charge on any atom is -0.312 e. The van der Waals surface area contributed by atoms with Crippen LogP contribution in [0.4, 0.5) is 13.2 Å². The first-order valence-electron chi connectivity index (χ1n) is 5.52. The van der Waals surface area contributed by atoms with E-state index < -0.39 is 22.7 Å². The van der Waals surface area contributed by atoms with Gasteiger partial charge in [-0.15, -0.1) is 11.3 Å². The highest BCUT2D eigenvalue weighted by molar-refractivity contribution is 7.89. The Hall–Kier alpha value is -0.640. The zero-order chi connectivity index (χ0) is 14.7. The first kappa shape index (κ1) is 16.4. The predicted molar refractivity (Wildman–Crippen MR) is 67.7 cm³/mol. The predicted octanol–water partition coefficient (Wildman–Crippen LogP) is 2.01. The van der Waals surface area contributed by atoms with Gasteiger partial charge in [0.25, 0.3) is 0 Å². The number of aryl methyl sites for hydroxylation is 1. The molecule has 9 heteroatoms. The van der Waals surface area contributed by atoms with Crippen molar-refractivity contribution in [3.8, 4) is 0 Å². The molecule has 2 N–H and O–H groups in total. The van der Waals surface area contributed by atoms with Crippen LogP contribution in [0.1, 0.15) is 16.7 Å². The largest absolute Gasteiger partial charge is 0.402 e. The first-order valence-corrected chi connectivity index (χ1v) is 7.82. The lowest BCUT2D eigenvalue weighted by Gasteiger charge is -2.08. The summed E-state index contributed by atoms with van der Waals surface area (Å²) in [6.07, 6.45) is -4.57. The Labute approximate surface area is 114 Å². The van der Waals surface area contributed by atoms with Crippen LogP contribution in [0.3, 0.4) is 0 Å². The molecule has 1 rings (SSSR count). The van der Waals surface area contributed by atoms with Crippen LogP contribution in [0.25, 0.3) is 0 Å². The summed E-state index contributed by atoms with van der Waals surface area (Å²) in [4.78, 5) is 1.16. The van der Waals surface area contributed by atoms with Crippen molar-refractivity contribution in [1.29, 1.82) is 0 Å². The molecule has 0 bridgehead atoms. The summed E-state index contributed by atoms with van der Waals surface area (Å²) in [6.45, 7) is 3.14. The summed E-state index contributed by atoms with van der Waals surface area (Å²) in [5.41, 5.74) is 0. The maximum absolute atomic E-state index is 12.0. The Morgan fingerprint density at radius 3 is 2.53 bits per heavy atom. The lowest BCUT2D eigenvalue weighted by Crippen LogP contribution is -2.33. The Morgan fingerprint density at radius 2 is 2.00 bits per heavy atom. The number of thiophene rings is 1. The van der Waals surface area contributed by atoms with E-state index in [1.54, 1.807) is 11.6 Å². The number of alkyl halides is 3. The number of hydrogen-bond acceptors (Lipinski definition) is 4. The molecule has 0 atom stereocenters. The van der Waals surface area contributed by atoms with Gasteiger partial charge in [0.15, 0.2) is 0 Å². The fourth-order valence-corrected chi connectivity index (χ4v) is 4.00. The molecule has 0 amide bonds. The third-order valence-electron chi connectivity index (χ3n) is 2.22. The topological polar surface area (TPSA) is 58.2 Å². The molecule has 0 aliphatic carbocycles. The lowest BCUT2D eigenvalue weighted by atomic mass is 10.4. The molecule has 0 saturated carbocycles. The number of nitrogens with one attached hydrogen (secondary N) is 2. The second-order valence-electron chi connectivity index (χ2n) is 3.85. The average Bonchev–Trinajstić information content (AvgIpc) is 2.65. The summed E-state index contributed by atoms with van der Waals surface area (Å²) in [7, 11) is -4.12. The lowest BCUT2D eigenvalue weighted by molar-refractivity contribution is -0.121. The van der Waals surface area contributed by atoms with Crippen molar-refractivity contribution in [2.75, 3.05) is 13.1 Å². The second-order valence-corrected chi connectivity index (χ2v) is 6.93. The van der Waals surface area contributed by atoms with Gasteiger partial charge in [0.05, 0.1) is 4.90 Å². The zero-order valence-electron chi connectivity index (χ0n) is 10.5. The molecule has 1 aromatic heterocycles. The summed E-state index contributed by atoms with van der Waals surface area (Å²) < 4.78 is 61.2. The summed E-state index contributed by atoms with van der Waals surface area (Å²) >= 11 is 1.25. The van der Waals surface area contributed by atoms with Gasteiger partial charge < -0.3 is 5.32 Å². The van der Waals surface area contributed by atoms with Crippen molar-refractivity contribution >= 4 is 21.4 Å². The quantitative estimate of drug-likeness (QED) is 0.844. The van der Waals surface area contributed by atoms with Crippen molar-refractivity contribution in [2.24, 2.45) is 0 Å². The van der Waals surface area contributed by atoms with Gasteiger partial charge in [-0.1, -0.05) is 6.92 Å². The van der Waals surface area contributed by atoms with E-state index in [4.69, 9.17) is 0 Å². The van der Waals surface area contributed by atoms with Crippen molar-refractivity contribution in [3.63, 3.8) is 0 Å². The van der Waals surface area contributed by atoms with E-state index >= 15 is 0 Å². The van der Waals surface area contributed by atoms with Gasteiger partial charge in [0, 0.05) is 16.3 Å². The van der Waals surface area contributed by atoms with Crippen molar-refractivity contribution in [3.05, 3.63) is 15.8 Å². The van der Waals surface area contributed by atoms with Crippen LogP contribution in [-0.4, -0.2) is 27.7 Å². The molecule has 0 unspecified atom stereocenters. The van der Waals surface area contributed by atoms with E-state index in [-0.39, 0.29) is 4.90 Å². The van der Waals surface area contributed by atoms with Gasteiger partial charge in [-0.05, 0) is 19.5 Å². The number of halogens is 3. The van der Waals surface area contributed by atoms with E-state index in [1.807, 2.05) is 6.92 Å². The Bertz CT molecular complexity index is 523. The number of rotatable bonds is 6. The van der Waals surface area contributed by atoms with Gasteiger partial charge in [-0.25, -0.2) is 13.1 Å². The zero-order valence-corrected chi connectivity index (χ0v) is 12.1. The molecule has 1 heterocycles. The van der Waals surface area contributed by atoms with Gasteiger partial charge >= 0.3 is 6.18 Å². The minimum absolute atomic E-state index is 0.0883. The highest BCUT2D eigenvalue weighted by atomic mass is 32.2. The standard InChI is InChI=1S/C10H15F3N2O2S2/c1-3-14-5-8-4-9(7(2)18-8)19(16,17)15-6-10(11,12)13/h4,14-15H,3,5-6H2,1-2H3. The molecule has 0 aromatic carbocycles. The van der Waals surface area contributed by atoms with Crippen LogP contribution >= 0.6 is 11.3 Å². The van der Waals surface area contributed by atoms with Crippen LogP contribution in [0.5, 0.6) is 0 Å². The molecular formula is C10H15F3N2O2S2. The normalized spacial score (nSPS) is 12.9. The minimum atomic E-state index is -4.57. The van der Waals surface area contributed by atoms with E-state index in [9.17, 15) is 21.6 Å². The molecule has 0 spiro atoms. The van der Waals surface area contributed by atoms with E-state index in [2.05, 4.69) is 5.32 Å². The summed E-state index contributed by atoms with van der Waals surface area (Å²) in [5, 5.41) is 3.03. The molecule has 0 aliphatic heterocycles. The van der Waals surface area contributed by atoms with Crippen molar-refractivity contribution in [1.82, 2.24) is 10.0 Å². The van der Waals surface area contributed by atoms with Crippen LogP contribution in [0.2, 0.25) is 0 Å². The molecule has 0 saturated heterocycles. The van der Waals surface area contributed by atoms with Crippen LogP contribution in [0.15, 0.2) is 11.0 Å². The number of sulfonamides is 1. The fourth-order valence-electron chi connectivity index (χ4n) is 1.38. The van der Waals surface area contributed by atoms with E-state index in [1.165, 1.54) is 17.4 Å². The highest BCUT2D eigenvalue weighted by Gasteiger charge is 2.31. The van der Waals surface area contributed by atoms with Crippen molar-refractivity contribution < 1.29 is 21.6 Å². The maximum Gasteiger partial charge on any atom is 0.402 e. The molecule has 4 nitrogen and oxygen atoms in total. The Kier molecular flexibility index (Phi) is 5.36. The van der Waals surface area contributed by atoms with Gasteiger partial charge in [0.2, 0.25) is 10.0 Å². The third kappa shape index (κ3) is 5.09. The molecule has 0 aliphatic rings. The molecular weight excluding hydrogens is 301 g/mol. The SMILES string of the molecule is CCNCc1cc(S(=O)(=O)NCC(F)(F)F)c(C)s1. The Balaban J connectivity index is 2.86. The van der Waals surface area contributed by atoms with E-state index in [0.29, 0.717) is 11.4 Å². The van der Waals surface area contributed by atoms with Crippen LogP contribution in [-0.2, 0) is 16.6 Å². The summed E-state index contributed by atoms with van der Waals surface area (Å²) in [6, 6.07) is 1.40. The molecule has 19 heavy (non-hydrogen) atoms. The monoisotopic (exact) mass is 316 g/mol. The van der Waals surface area contributed by atoms with Crippen molar-refractivity contribution in [2.45, 2.75) is 31.5 Å². The molecule has 110 valence electrons. The third-order valence-corrected chi connectivity index (χ3v) is 4.93. The maximum atomic E-state index is 12.0. The Morgan fingerprint density at radius 1 is 1.37 bits per heavy atom. The molecule has 0 radical (unpaired) electrons.